The number of benzene rings is 3. The lowest BCUT2D eigenvalue weighted by Crippen LogP contribution is -2.49. The van der Waals surface area contributed by atoms with Crippen molar-refractivity contribution in [2.24, 2.45) is 36.1 Å². The highest BCUT2D eigenvalue weighted by Crippen LogP contribution is 2.64. The van der Waals surface area contributed by atoms with E-state index in [1.165, 1.54) is 9.80 Å². The van der Waals surface area contributed by atoms with Crippen molar-refractivity contribution in [2.75, 3.05) is 9.80 Å². The Morgan fingerprint density at radius 3 is 2.42 bits per heavy atom. The molecule has 0 bridgehead atoms. The number of imide groups is 2. The van der Waals surface area contributed by atoms with Crippen LogP contribution in [-0.4, -0.2) is 38.5 Å². The fourth-order valence-electron chi connectivity index (χ4n) is 9.53. The van der Waals surface area contributed by atoms with Gasteiger partial charge in [-0.15, -0.1) is 11.3 Å². The molecule has 0 unspecified atom stereocenters. The predicted molar refractivity (Wildman–Crippen MR) is 213 cm³/mol. The van der Waals surface area contributed by atoms with E-state index in [1.54, 1.807) is 54.3 Å². The summed E-state index contributed by atoms with van der Waals surface area (Å²) in [5.74, 6) is -3.74. The third-order valence-electron chi connectivity index (χ3n) is 12.1. The molecule has 2 aromatic heterocycles. The first kappa shape index (κ1) is 34.4. The van der Waals surface area contributed by atoms with Crippen molar-refractivity contribution in [3.05, 3.63) is 104 Å². The van der Waals surface area contributed by atoms with Gasteiger partial charge in [-0.3, -0.25) is 28.8 Å². The Morgan fingerprint density at radius 2 is 1.68 bits per heavy atom. The molecule has 5 aromatic rings. The number of halogens is 2. The summed E-state index contributed by atoms with van der Waals surface area (Å²) in [4.78, 5) is 61.8. The molecule has 2 aliphatic heterocycles. The molecular formula is C41H34ClIN4O5S. The van der Waals surface area contributed by atoms with Crippen molar-refractivity contribution < 1.29 is 24.3 Å². The molecule has 0 radical (unpaired) electrons. The van der Waals surface area contributed by atoms with Gasteiger partial charge in [-0.25, -0.2) is 4.90 Å². The summed E-state index contributed by atoms with van der Waals surface area (Å²) in [6.45, 7) is 5.68. The molecule has 0 spiro atoms. The lowest BCUT2D eigenvalue weighted by molar-refractivity contribution is -0.131. The van der Waals surface area contributed by atoms with Gasteiger partial charge in [0, 0.05) is 32.3 Å². The van der Waals surface area contributed by atoms with E-state index in [9.17, 15) is 19.5 Å². The zero-order valence-electron chi connectivity index (χ0n) is 29.3. The summed E-state index contributed by atoms with van der Waals surface area (Å²) in [6, 6.07) is 20.2. The number of aromatic hydroxyl groups is 1. The Labute approximate surface area is 328 Å². The van der Waals surface area contributed by atoms with E-state index in [4.69, 9.17) is 16.7 Å². The highest BCUT2D eigenvalue weighted by atomic mass is 127. The molecule has 1 saturated carbocycles. The number of phenolic OH excluding ortho intramolecular Hbond substituents is 1. The summed E-state index contributed by atoms with van der Waals surface area (Å²) in [7, 11) is 1.74. The second kappa shape index (κ2) is 12.1. The number of nitrogens with zero attached hydrogens (tertiary/aromatic N) is 4. The molecule has 4 amide bonds. The van der Waals surface area contributed by atoms with Gasteiger partial charge in [0.2, 0.25) is 23.6 Å². The summed E-state index contributed by atoms with van der Waals surface area (Å²) in [5.41, 5.74) is 3.29. The van der Waals surface area contributed by atoms with Crippen LogP contribution in [0, 0.1) is 46.5 Å². The SMILES string of the molecule is Cc1cc([C@H]2C3=CC[C@@H]4C(=O)N(c5ccc(I)cc5)C(=O)[C@@H]4[C@@H]3C[C@H]3C(=O)N(c4cc(-c5sc6ccc(Cl)cc6c5C)nn4C)C(=O)[C@@]23C)ccc1O. The number of hydrogen-bond acceptors (Lipinski definition) is 7. The lowest BCUT2D eigenvalue weighted by atomic mass is 9.51. The number of thiophene rings is 1. The van der Waals surface area contributed by atoms with E-state index in [0.29, 0.717) is 34.2 Å². The molecule has 4 heterocycles. The van der Waals surface area contributed by atoms with Crippen LogP contribution < -0.4 is 9.80 Å². The van der Waals surface area contributed by atoms with Crippen LogP contribution in [0.2, 0.25) is 5.02 Å². The van der Waals surface area contributed by atoms with Crippen molar-refractivity contribution in [2.45, 2.75) is 39.5 Å². The van der Waals surface area contributed by atoms with Gasteiger partial charge in [0.25, 0.3) is 0 Å². The van der Waals surface area contributed by atoms with Gasteiger partial charge < -0.3 is 5.11 Å². The monoisotopic (exact) mass is 856 g/mol. The van der Waals surface area contributed by atoms with Crippen LogP contribution in [0.25, 0.3) is 20.7 Å². The van der Waals surface area contributed by atoms with Crippen LogP contribution in [0.15, 0.2) is 78.4 Å². The fraction of sp³-hybridized carbons (Fsp3) is 0.293. The Bertz CT molecular complexity index is 2490. The molecule has 6 atom stereocenters. The first-order chi connectivity index (χ1) is 25.3. The van der Waals surface area contributed by atoms with Gasteiger partial charge in [-0.05, 0) is 133 Å². The van der Waals surface area contributed by atoms with Crippen LogP contribution >= 0.6 is 45.5 Å². The summed E-state index contributed by atoms with van der Waals surface area (Å²) in [6.07, 6.45) is 2.65. The minimum Gasteiger partial charge on any atom is -0.508 e. The maximum atomic E-state index is 15.1. The molecule has 1 N–H and O–H groups in total. The van der Waals surface area contributed by atoms with Gasteiger partial charge in [0.15, 0.2) is 0 Å². The van der Waals surface area contributed by atoms with Gasteiger partial charge >= 0.3 is 0 Å². The third-order valence-corrected chi connectivity index (χ3v) is 14.4. The minimum absolute atomic E-state index is 0.127. The van der Waals surface area contributed by atoms with Crippen molar-refractivity contribution in [1.82, 2.24) is 9.78 Å². The highest BCUT2D eigenvalue weighted by molar-refractivity contribution is 14.1. The van der Waals surface area contributed by atoms with E-state index in [-0.39, 0.29) is 35.8 Å². The minimum atomic E-state index is -1.22. The van der Waals surface area contributed by atoms with Gasteiger partial charge in [-0.2, -0.15) is 5.10 Å². The average Bonchev–Trinajstić information content (AvgIpc) is 3.80. The fourth-order valence-corrected chi connectivity index (χ4v) is 11.2. The van der Waals surface area contributed by atoms with E-state index in [2.05, 4.69) is 22.6 Å². The average molecular weight is 857 g/mol. The summed E-state index contributed by atoms with van der Waals surface area (Å²) < 4.78 is 3.63. The summed E-state index contributed by atoms with van der Waals surface area (Å²) in [5, 5.41) is 17.0. The van der Waals surface area contributed by atoms with E-state index >= 15 is 4.79 Å². The first-order valence-electron chi connectivity index (χ1n) is 17.5. The van der Waals surface area contributed by atoms with Crippen LogP contribution in [0.1, 0.15) is 42.4 Å². The summed E-state index contributed by atoms with van der Waals surface area (Å²) >= 11 is 10.1. The Hall–Kier alpha value is -4.33. The Kier molecular flexibility index (Phi) is 7.86. The number of fused-ring (bicyclic) bond motifs is 5. The molecular weight excluding hydrogens is 823 g/mol. The molecule has 3 aromatic carbocycles. The molecule has 268 valence electrons. The molecule has 12 heteroatoms. The zero-order valence-corrected chi connectivity index (χ0v) is 33.0. The number of carbonyl (C=O) groups is 4. The number of amides is 4. The Balaban J connectivity index is 1.15. The van der Waals surface area contributed by atoms with Crippen LogP contribution in [0.4, 0.5) is 11.5 Å². The van der Waals surface area contributed by atoms with Gasteiger partial charge in [-0.1, -0.05) is 35.4 Å². The topological polar surface area (TPSA) is 113 Å². The molecule has 9 rings (SSSR count). The van der Waals surface area contributed by atoms with E-state index in [1.807, 2.05) is 62.4 Å². The number of aromatic nitrogens is 2. The quantitative estimate of drug-likeness (QED) is 0.111. The van der Waals surface area contributed by atoms with Gasteiger partial charge in [0.1, 0.15) is 17.3 Å². The molecule has 2 aliphatic carbocycles. The second-order valence-corrected chi connectivity index (χ2v) is 17.6. The smallest absolute Gasteiger partial charge is 0.242 e. The molecule has 9 nitrogen and oxygen atoms in total. The molecule has 3 fully saturated rings. The maximum absolute atomic E-state index is 15.1. The van der Waals surface area contributed by atoms with Crippen molar-refractivity contribution in [3.8, 4) is 16.3 Å². The molecule has 2 saturated heterocycles. The number of phenols is 1. The normalized spacial score (nSPS) is 26.7. The Morgan fingerprint density at radius 1 is 0.925 bits per heavy atom. The third kappa shape index (κ3) is 4.88. The second-order valence-electron chi connectivity index (χ2n) is 14.9. The van der Waals surface area contributed by atoms with Crippen LogP contribution in [-0.2, 0) is 26.2 Å². The van der Waals surface area contributed by atoms with E-state index < -0.39 is 35.0 Å². The van der Waals surface area contributed by atoms with Gasteiger partial charge in [0.05, 0.1) is 33.7 Å². The van der Waals surface area contributed by atoms with Crippen LogP contribution in [0.5, 0.6) is 5.75 Å². The number of anilines is 2. The number of rotatable bonds is 4. The number of hydrogen-bond donors (Lipinski definition) is 1. The van der Waals surface area contributed by atoms with Crippen molar-refractivity contribution >= 4 is 90.7 Å². The number of carbonyl (C=O) groups excluding carboxylic acids is 4. The predicted octanol–water partition coefficient (Wildman–Crippen LogP) is 8.32. The molecule has 53 heavy (non-hydrogen) atoms. The lowest BCUT2D eigenvalue weighted by Gasteiger charge is -2.49. The molecule has 4 aliphatic rings. The maximum Gasteiger partial charge on any atom is 0.242 e. The highest BCUT2D eigenvalue weighted by Gasteiger charge is 2.68. The van der Waals surface area contributed by atoms with Crippen molar-refractivity contribution in [1.29, 1.82) is 0 Å². The number of aryl methyl sites for hydroxylation is 3. The number of allylic oxidation sites excluding steroid dienone is 2. The standard InChI is InChI=1S/C41H34ClIN4O5S/c1-19-15-21(5-13-31(19)48)35-25-11-12-26-34(39(51)46(37(26)49)24-9-7-23(43)8-10-24)28(25)17-29-38(50)47(40(52)41(29,35)3)33-18-30(44-45(33)4)36-20(2)27-16-22(42)6-14-32(27)53-36/h5-11,13-16,18,26,28-29,34-35,48H,12,17H2,1-4H3/t26-,28+,29-,34-,35-,41+/m0/s1. The van der Waals surface area contributed by atoms with Crippen LogP contribution in [0.3, 0.4) is 0 Å². The van der Waals surface area contributed by atoms with E-state index in [0.717, 1.165) is 35.2 Å². The van der Waals surface area contributed by atoms with Crippen molar-refractivity contribution in [3.63, 3.8) is 0 Å². The first-order valence-corrected chi connectivity index (χ1v) is 19.8. The largest absolute Gasteiger partial charge is 0.508 e. The zero-order chi connectivity index (χ0) is 37.2.